The summed E-state index contributed by atoms with van der Waals surface area (Å²) in [5.41, 5.74) is 0.804. The van der Waals surface area contributed by atoms with E-state index in [-0.39, 0.29) is 11.3 Å². The van der Waals surface area contributed by atoms with Crippen LogP contribution in [-0.4, -0.2) is 35.4 Å². The molecule has 5 nitrogen and oxygen atoms in total. The fourth-order valence-electron chi connectivity index (χ4n) is 3.39. The van der Waals surface area contributed by atoms with Crippen molar-refractivity contribution in [2.45, 2.75) is 25.8 Å². The van der Waals surface area contributed by atoms with Gasteiger partial charge in [0.05, 0.1) is 23.7 Å². The van der Waals surface area contributed by atoms with Crippen LogP contribution in [0.25, 0.3) is 5.76 Å². The Kier molecular flexibility index (Phi) is 6.23. The molecule has 0 spiro atoms. The van der Waals surface area contributed by atoms with Crippen LogP contribution >= 0.6 is 11.6 Å². The molecule has 1 atom stereocenters. The topological polar surface area (TPSA) is 66.8 Å². The van der Waals surface area contributed by atoms with E-state index < -0.39 is 23.5 Å². The number of hydrogen-bond acceptors (Lipinski definition) is 4. The van der Waals surface area contributed by atoms with Crippen molar-refractivity contribution in [1.82, 2.24) is 4.90 Å². The minimum absolute atomic E-state index is 0.0397. The predicted molar refractivity (Wildman–Crippen MR) is 108 cm³/mol. The summed E-state index contributed by atoms with van der Waals surface area (Å²) in [7, 11) is 1.44. The number of carbonyl (C=O) groups excluding carboxylic acids is 2. The van der Waals surface area contributed by atoms with Gasteiger partial charge in [-0.1, -0.05) is 37.1 Å². The average molecular weight is 418 g/mol. The molecule has 1 unspecified atom stereocenters. The minimum Gasteiger partial charge on any atom is -0.507 e. The highest BCUT2D eigenvalue weighted by Gasteiger charge is 2.45. The number of amides is 1. The summed E-state index contributed by atoms with van der Waals surface area (Å²) in [6.45, 7) is 2.33. The van der Waals surface area contributed by atoms with Crippen LogP contribution in [0.2, 0.25) is 5.02 Å². The van der Waals surface area contributed by atoms with Crippen LogP contribution in [0.4, 0.5) is 4.39 Å². The number of aliphatic hydroxyl groups is 1. The molecule has 0 bridgehead atoms. The fourth-order valence-corrected chi connectivity index (χ4v) is 3.59. The predicted octanol–water partition coefficient (Wildman–Crippen LogP) is 4.71. The Morgan fingerprint density at radius 1 is 1.21 bits per heavy atom. The SMILES string of the molecule is CCCCN1C(=O)C(=O)/C(=C(\O)c2ccc(Cl)c(OC)c2)C1c1ccc(F)cc1. The van der Waals surface area contributed by atoms with Crippen molar-refractivity contribution < 1.29 is 23.8 Å². The number of rotatable bonds is 6. The first-order valence-electron chi connectivity index (χ1n) is 9.26. The maximum absolute atomic E-state index is 13.4. The lowest BCUT2D eigenvalue weighted by Crippen LogP contribution is -2.30. The van der Waals surface area contributed by atoms with Gasteiger partial charge < -0.3 is 14.7 Å². The zero-order valence-electron chi connectivity index (χ0n) is 16.1. The van der Waals surface area contributed by atoms with E-state index in [9.17, 15) is 19.1 Å². The Morgan fingerprint density at radius 2 is 1.90 bits per heavy atom. The van der Waals surface area contributed by atoms with Gasteiger partial charge in [0.15, 0.2) is 0 Å². The number of unbranched alkanes of at least 4 members (excludes halogenated alkanes) is 1. The molecule has 2 aromatic rings. The molecule has 29 heavy (non-hydrogen) atoms. The lowest BCUT2D eigenvalue weighted by molar-refractivity contribution is -0.139. The first-order chi connectivity index (χ1) is 13.9. The van der Waals surface area contributed by atoms with Gasteiger partial charge in [0.25, 0.3) is 11.7 Å². The van der Waals surface area contributed by atoms with Crippen molar-refractivity contribution in [3.8, 4) is 5.75 Å². The van der Waals surface area contributed by atoms with Crippen LogP contribution in [0, 0.1) is 5.82 Å². The van der Waals surface area contributed by atoms with Crippen LogP contribution in [0.3, 0.4) is 0 Å². The molecule has 0 aliphatic carbocycles. The Bertz CT molecular complexity index is 971. The van der Waals surface area contributed by atoms with Gasteiger partial charge in [0.1, 0.15) is 17.3 Å². The number of ketones is 1. The normalized spacial score (nSPS) is 18.3. The number of methoxy groups -OCH3 is 1. The average Bonchev–Trinajstić information content (AvgIpc) is 2.97. The van der Waals surface area contributed by atoms with Crippen molar-refractivity contribution in [3.63, 3.8) is 0 Å². The number of ether oxygens (including phenoxy) is 1. The van der Waals surface area contributed by atoms with Crippen molar-refractivity contribution in [2.24, 2.45) is 0 Å². The molecule has 1 fully saturated rings. The van der Waals surface area contributed by atoms with Gasteiger partial charge in [0.2, 0.25) is 0 Å². The van der Waals surface area contributed by atoms with Gasteiger partial charge >= 0.3 is 0 Å². The Morgan fingerprint density at radius 3 is 2.52 bits per heavy atom. The molecule has 7 heteroatoms. The largest absolute Gasteiger partial charge is 0.507 e. The van der Waals surface area contributed by atoms with Crippen LogP contribution in [0.15, 0.2) is 48.0 Å². The Balaban J connectivity index is 2.17. The zero-order chi connectivity index (χ0) is 21.1. The van der Waals surface area contributed by atoms with Gasteiger partial charge in [-0.3, -0.25) is 9.59 Å². The zero-order valence-corrected chi connectivity index (χ0v) is 16.9. The Hall–Kier alpha value is -2.86. The van der Waals surface area contributed by atoms with Crippen LogP contribution in [0.1, 0.15) is 36.9 Å². The van der Waals surface area contributed by atoms with E-state index >= 15 is 0 Å². The number of benzene rings is 2. The van der Waals surface area contributed by atoms with Gasteiger partial charge in [-0.05, 0) is 42.3 Å². The third-order valence-electron chi connectivity index (χ3n) is 4.90. The van der Waals surface area contributed by atoms with E-state index in [1.54, 1.807) is 6.07 Å². The summed E-state index contributed by atoms with van der Waals surface area (Å²) in [4.78, 5) is 27.0. The molecule has 0 saturated carbocycles. The van der Waals surface area contributed by atoms with Gasteiger partial charge in [-0.15, -0.1) is 0 Å². The molecular weight excluding hydrogens is 397 g/mol. The maximum atomic E-state index is 13.4. The molecule has 0 radical (unpaired) electrons. The standard InChI is InChI=1S/C22H21ClFNO4/c1-3-4-11-25-19(13-5-8-15(24)9-6-13)18(21(27)22(25)28)20(26)14-7-10-16(23)17(12-14)29-2/h5-10,12,19,26H,3-4,11H2,1-2H3/b20-18-. The van der Waals surface area contributed by atoms with Crippen molar-refractivity contribution >= 4 is 29.1 Å². The van der Waals surface area contributed by atoms with E-state index in [2.05, 4.69) is 0 Å². The van der Waals surface area contributed by atoms with E-state index in [4.69, 9.17) is 16.3 Å². The maximum Gasteiger partial charge on any atom is 0.295 e. The lowest BCUT2D eigenvalue weighted by Gasteiger charge is -2.25. The van der Waals surface area contributed by atoms with Crippen LogP contribution < -0.4 is 4.74 Å². The number of aliphatic hydroxyl groups excluding tert-OH is 1. The summed E-state index contributed by atoms with van der Waals surface area (Å²) in [6.07, 6.45) is 1.52. The lowest BCUT2D eigenvalue weighted by atomic mass is 9.95. The smallest absolute Gasteiger partial charge is 0.295 e. The number of halogens is 2. The Labute approximate surface area is 173 Å². The molecule has 0 aromatic heterocycles. The van der Waals surface area contributed by atoms with E-state index in [1.165, 1.54) is 48.4 Å². The molecule has 1 heterocycles. The highest BCUT2D eigenvalue weighted by molar-refractivity contribution is 6.46. The monoisotopic (exact) mass is 417 g/mol. The summed E-state index contributed by atoms with van der Waals surface area (Å²) >= 11 is 6.04. The number of carbonyl (C=O) groups is 2. The van der Waals surface area contributed by atoms with Gasteiger partial charge in [0, 0.05) is 12.1 Å². The fraction of sp³-hybridized carbons (Fsp3) is 0.273. The first-order valence-corrected chi connectivity index (χ1v) is 9.64. The number of likely N-dealkylation sites (tertiary alicyclic amines) is 1. The summed E-state index contributed by atoms with van der Waals surface area (Å²) in [5, 5.41) is 11.3. The minimum atomic E-state index is -0.802. The first kappa shape index (κ1) is 20.9. The molecular formula is C22H21ClFNO4. The second kappa shape index (κ2) is 8.66. The number of Topliss-reactive ketones (excluding diaryl/α,β-unsaturated/α-hetero) is 1. The number of hydrogen-bond donors (Lipinski definition) is 1. The molecule has 1 aliphatic heterocycles. The molecule has 1 N–H and O–H groups in total. The van der Waals surface area contributed by atoms with Gasteiger partial charge in [-0.25, -0.2) is 4.39 Å². The quantitative estimate of drug-likeness (QED) is 0.420. The molecule has 1 amide bonds. The van der Waals surface area contributed by atoms with Crippen molar-refractivity contribution in [2.75, 3.05) is 13.7 Å². The van der Waals surface area contributed by atoms with Gasteiger partial charge in [-0.2, -0.15) is 0 Å². The second-order valence-corrected chi connectivity index (χ2v) is 7.15. The molecule has 152 valence electrons. The van der Waals surface area contributed by atoms with E-state index in [0.717, 1.165) is 6.42 Å². The highest BCUT2D eigenvalue weighted by Crippen LogP contribution is 2.40. The highest BCUT2D eigenvalue weighted by atomic mass is 35.5. The second-order valence-electron chi connectivity index (χ2n) is 6.75. The summed E-state index contributed by atoms with van der Waals surface area (Å²) < 4.78 is 18.6. The summed E-state index contributed by atoms with van der Waals surface area (Å²) in [6, 6.07) is 9.33. The van der Waals surface area contributed by atoms with Crippen molar-refractivity contribution in [1.29, 1.82) is 0 Å². The van der Waals surface area contributed by atoms with E-state index in [0.29, 0.717) is 34.9 Å². The molecule has 2 aromatic carbocycles. The van der Waals surface area contributed by atoms with E-state index in [1.807, 2.05) is 6.92 Å². The third-order valence-corrected chi connectivity index (χ3v) is 5.22. The van der Waals surface area contributed by atoms with Crippen LogP contribution in [-0.2, 0) is 9.59 Å². The van der Waals surface area contributed by atoms with Crippen molar-refractivity contribution in [3.05, 3.63) is 70.0 Å². The molecule has 1 aliphatic rings. The molecule has 1 saturated heterocycles. The van der Waals surface area contributed by atoms with Crippen LogP contribution in [0.5, 0.6) is 5.75 Å². The third kappa shape index (κ3) is 3.98. The molecule has 3 rings (SSSR count). The number of nitrogens with zero attached hydrogens (tertiary/aromatic N) is 1. The summed E-state index contributed by atoms with van der Waals surface area (Å²) in [5.74, 6) is -1.89.